The molecule has 160 valence electrons. The summed E-state index contributed by atoms with van der Waals surface area (Å²) in [5.74, 6) is -2.89. The first-order valence-corrected chi connectivity index (χ1v) is 11.5. The Bertz CT molecular complexity index is 827. The molecule has 1 aromatic carbocycles. The molecule has 1 N–H and O–H groups in total. The Labute approximate surface area is 170 Å². The van der Waals surface area contributed by atoms with E-state index in [0.717, 1.165) is 0 Å². The molecule has 0 saturated carbocycles. The number of benzene rings is 1. The van der Waals surface area contributed by atoms with E-state index in [2.05, 4.69) is 5.32 Å². The molecule has 0 aliphatic carbocycles. The summed E-state index contributed by atoms with van der Waals surface area (Å²) in [6.07, 6.45) is -2.40. The third-order valence-corrected chi connectivity index (χ3v) is 8.04. The van der Waals surface area contributed by atoms with Gasteiger partial charge >= 0.3 is 0 Å². The zero-order chi connectivity index (χ0) is 21.0. The molecule has 3 heterocycles. The SMILES string of the molecule is CC(=O)N[C@@H]1[C@H]2OC(C)(C)O[C@H]2[C@@H]([C@H]2COC(C)(C)O2)O[P@@]1(=O)c1ccccc1. The second kappa shape index (κ2) is 7.15. The first-order valence-electron chi connectivity index (χ1n) is 9.79. The summed E-state index contributed by atoms with van der Waals surface area (Å²) in [5.41, 5.74) is 0. The molecule has 6 atom stereocenters. The molecule has 9 heteroatoms. The fourth-order valence-electron chi connectivity index (χ4n) is 4.20. The van der Waals surface area contributed by atoms with Crippen molar-refractivity contribution in [2.45, 2.75) is 76.4 Å². The number of carbonyl (C=O) groups is 1. The average Bonchev–Trinajstić information content (AvgIpc) is 3.16. The van der Waals surface area contributed by atoms with E-state index >= 15 is 0 Å². The summed E-state index contributed by atoms with van der Waals surface area (Å²) < 4.78 is 44.6. The van der Waals surface area contributed by atoms with Crippen LogP contribution < -0.4 is 10.6 Å². The van der Waals surface area contributed by atoms with E-state index in [4.69, 9.17) is 23.5 Å². The van der Waals surface area contributed by atoms with Crippen molar-refractivity contribution in [3.8, 4) is 0 Å². The highest BCUT2D eigenvalue weighted by Crippen LogP contribution is 2.60. The lowest BCUT2D eigenvalue weighted by Gasteiger charge is -2.43. The van der Waals surface area contributed by atoms with Crippen molar-refractivity contribution >= 4 is 18.6 Å². The first kappa shape index (κ1) is 21.0. The van der Waals surface area contributed by atoms with Gasteiger partial charge in [0, 0.05) is 12.2 Å². The molecule has 29 heavy (non-hydrogen) atoms. The van der Waals surface area contributed by atoms with Gasteiger partial charge in [-0.2, -0.15) is 0 Å². The number of amides is 1. The molecule has 0 unspecified atom stereocenters. The zero-order valence-corrected chi connectivity index (χ0v) is 18.2. The van der Waals surface area contributed by atoms with Gasteiger partial charge in [0.1, 0.15) is 30.2 Å². The number of hydrogen-bond donors (Lipinski definition) is 1. The van der Waals surface area contributed by atoms with Gasteiger partial charge in [-0.1, -0.05) is 18.2 Å². The van der Waals surface area contributed by atoms with E-state index in [1.54, 1.807) is 38.1 Å². The minimum absolute atomic E-state index is 0.282. The van der Waals surface area contributed by atoms with Crippen LogP contribution in [0.1, 0.15) is 34.6 Å². The Morgan fingerprint density at radius 3 is 2.24 bits per heavy atom. The third kappa shape index (κ3) is 3.90. The number of nitrogens with one attached hydrogen (secondary N) is 1. The summed E-state index contributed by atoms with van der Waals surface area (Å²) in [5, 5.41) is 3.31. The summed E-state index contributed by atoms with van der Waals surface area (Å²) in [7, 11) is -3.58. The Morgan fingerprint density at radius 2 is 1.66 bits per heavy atom. The molecule has 3 fully saturated rings. The van der Waals surface area contributed by atoms with Gasteiger partial charge in [0.2, 0.25) is 5.91 Å². The van der Waals surface area contributed by atoms with Crippen LogP contribution in [0.3, 0.4) is 0 Å². The van der Waals surface area contributed by atoms with Crippen LogP contribution in [-0.2, 0) is 32.8 Å². The topological polar surface area (TPSA) is 92.3 Å². The molecule has 0 spiro atoms. The molecule has 3 aliphatic rings. The van der Waals surface area contributed by atoms with E-state index in [0.29, 0.717) is 5.30 Å². The van der Waals surface area contributed by atoms with Crippen molar-refractivity contribution in [1.82, 2.24) is 5.32 Å². The largest absolute Gasteiger partial charge is 0.348 e. The van der Waals surface area contributed by atoms with Crippen molar-refractivity contribution in [3.05, 3.63) is 30.3 Å². The Hall–Kier alpha value is -1.28. The van der Waals surface area contributed by atoms with Crippen LogP contribution in [0.5, 0.6) is 0 Å². The van der Waals surface area contributed by atoms with Crippen LogP contribution in [0, 0.1) is 0 Å². The van der Waals surface area contributed by atoms with Gasteiger partial charge in [-0.25, -0.2) is 0 Å². The van der Waals surface area contributed by atoms with Crippen LogP contribution in [-0.4, -0.2) is 54.3 Å². The molecular formula is C20H28NO7P. The minimum Gasteiger partial charge on any atom is -0.348 e. The molecule has 0 bridgehead atoms. The quantitative estimate of drug-likeness (QED) is 0.742. The lowest BCUT2D eigenvalue weighted by atomic mass is 10.0. The van der Waals surface area contributed by atoms with Gasteiger partial charge in [0.15, 0.2) is 11.6 Å². The van der Waals surface area contributed by atoms with Crippen molar-refractivity contribution in [3.63, 3.8) is 0 Å². The van der Waals surface area contributed by atoms with Crippen molar-refractivity contribution in [1.29, 1.82) is 0 Å². The maximum Gasteiger partial charge on any atom is 0.256 e. The molecule has 4 rings (SSSR count). The standard InChI is InChI=1S/C20H28NO7P/c1-12(22)21-18-17-16(26-20(4,5)27-17)15(14-11-24-19(2,3)25-14)28-29(18,23)13-9-7-6-8-10-13/h6-10,14-18H,11H2,1-5H3,(H,21,22)/t14-,15-,16+,17+,18+,29+/m1/s1. The molecule has 1 amide bonds. The highest BCUT2D eigenvalue weighted by atomic mass is 31.2. The Balaban J connectivity index is 1.78. The molecule has 8 nitrogen and oxygen atoms in total. The van der Waals surface area contributed by atoms with Gasteiger partial charge in [0.05, 0.1) is 6.61 Å². The highest BCUT2D eigenvalue weighted by molar-refractivity contribution is 7.67. The predicted octanol–water partition coefficient (Wildman–Crippen LogP) is 2.12. The predicted molar refractivity (Wildman–Crippen MR) is 105 cm³/mol. The summed E-state index contributed by atoms with van der Waals surface area (Å²) >= 11 is 0. The monoisotopic (exact) mass is 425 g/mol. The summed E-state index contributed by atoms with van der Waals surface area (Å²) in [4.78, 5) is 12.0. The lowest BCUT2D eigenvalue weighted by molar-refractivity contribution is -0.174. The molecule has 3 aliphatic heterocycles. The van der Waals surface area contributed by atoms with E-state index in [1.807, 2.05) is 19.9 Å². The number of hydrogen-bond acceptors (Lipinski definition) is 7. The van der Waals surface area contributed by atoms with Crippen molar-refractivity contribution < 1.29 is 32.8 Å². The Morgan fingerprint density at radius 1 is 1.00 bits per heavy atom. The Kier molecular flexibility index (Phi) is 5.17. The number of fused-ring (bicyclic) bond motifs is 1. The first-order chi connectivity index (χ1) is 13.5. The number of ether oxygens (including phenoxy) is 4. The van der Waals surface area contributed by atoms with Crippen LogP contribution in [0.4, 0.5) is 0 Å². The van der Waals surface area contributed by atoms with Crippen LogP contribution in [0.15, 0.2) is 30.3 Å². The summed E-state index contributed by atoms with van der Waals surface area (Å²) in [6.45, 7) is 8.88. The minimum atomic E-state index is -3.58. The van der Waals surface area contributed by atoms with Crippen LogP contribution >= 0.6 is 7.37 Å². The van der Waals surface area contributed by atoms with Crippen molar-refractivity contribution in [2.24, 2.45) is 0 Å². The fraction of sp³-hybridized carbons (Fsp3) is 0.650. The normalized spacial score (nSPS) is 40.4. The van der Waals surface area contributed by atoms with Gasteiger partial charge in [-0.3, -0.25) is 9.36 Å². The third-order valence-electron chi connectivity index (χ3n) is 5.31. The number of carbonyl (C=O) groups excluding carboxylic acids is 1. The van der Waals surface area contributed by atoms with Gasteiger partial charge in [0.25, 0.3) is 7.37 Å². The van der Waals surface area contributed by atoms with E-state index in [9.17, 15) is 9.36 Å². The maximum absolute atomic E-state index is 14.3. The average molecular weight is 425 g/mol. The van der Waals surface area contributed by atoms with E-state index < -0.39 is 49.1 Å². The number of rotatable bonds is 3. The van der Waals surface area contributed by atoms with Gasteiger partial charge in [-0.15, -0.1) is 0 Å². The summed E-state index contributed by atoms with van der Waals surface area (Å²) in [6, 6.07) is 8.90. The smallest absolute Gasteiger partial charge is 0.256 e. The molecule has 0 radical (unpaired) electrons. The second-order valence-corrected chi connectivity index (χ2v) is 11.1. The fourth-order valence-corrected chi connectivity index (χ4v) is 6.95. The van der Waals surface area contributed by atoms with E-state index in [-0.39, 0.29) is 12.5 Å². The van der Waals surface area contributed by atoms with E-state index in [1.165, 1.54) is 6.92 Å². The van der Waals surface area contributed by atoms with Crippen LogP contribution in [0.25, 0.3) is 0 Å². The van der Waals surface area contributed by atoms with Gasteiger partial charge < -0.3 is 28.8 Å². The highest BCUT2D eigenvalue weighted by Gasteiger charge is 2.62. The molecule has 3 saturated heterocycles. The molecule has 1 aromatic rings. The molecule has 0 aromatic heterocycles. The maximum atomic E-state index is 14.3. The van der Waals surface area contributed by atoms with Gasteiger partial charge in [-0.05, 0) is 39.8 Å². The second-order valence-electron chi connectivity index (χ2n) is 8.58. The zero-order valence-electron chi connectivity index (χ0n) is 17.3. The van der Waals surface area contributed by atoms with Crippen LogP contribution in [0.2, 0.25) is 0 Å². The van der Waals surface area contributed by atoms with Crippen molar-refractivity contribution in [2.75, 3.05) is 6.61 Å². The molecular weight excluding hydrogens is 397 g/mol. The lowest BCUT2D eigenvalue weighted by Crippen LogP contribution is -2.59.